The van der Waals surface area contributed by atoms with E-state index in [0.29, 0.717) is 0 Å². The summed E-state index contributed by atoms with van der Waals surface area (Å²) in [6.07, 6.45) is 7.17. The highest BCUT2D eigenvalue weighted by atomic mass is 32.1. The van der Waals surface area contributed by atoms with E-state index in [0.717, 1.165) is 25.0 Å². The summed E-state index contributed by atoms with van der Waals surface area (Å²) in [5, 5.41) is 6.97. The molecule has 1 saturated heterocycles. The standard InChI is InChI=1S/C12H19N3S/c1-2-11(1)15-7-4-10(9-15)13-5-3-12-14-6-8-16-12/h6,8,10-11,13H,1-5,7,9H2. The molecule has 1 unspecified atom stereocenters. The summed E-state index contributed by atoms with van der Waals surface area (Å²) in [5.41, 5.74) is 0. The fourth-order valence-corrected chi connectivity index (χ4v) is 3.11. The molecule has 1 aliphatic heterocycles. The molecule has 1 N–H and O–H groups in total. The number of nitrogens with zero attached hydrogens (tertiary/aromatic N) is 2. The lowest BCUT2D eigenvalue weighted by Crippen LogP contribution is -2.34. The molecule has 1 saturated carbocycles. The van der Waals surface area contributed by atoms with Gasteiger partial charge in [0.05, 0.1) is 5.01 Å². The van der Waals surface area contributed by atoms with Gasteiger partial charge in [-0.25, -0.2) is 4.98 Å². The van der Waals surface area contributed by atoms with E-state index in [-0.39, 0.29) is 0 Å². The van der Waals surface area contributed by atoms with E-state index in [1.54, 1.807) is 11.3 Å². The Bertz CT molecular complexity index is 321. The summed E-state index contributed by atoms with van der Waals surface area (Å²) in [5.74, 6) is 0. The lowest BCUT2D eigenvalue weighted by Gasteiger charge is -2.15. The summed E-state index contributed by atoms with van der Waals surface area (Å²) in [6.45, 7) is 3.65. The molecule has 2 fully saturated rings. The first-order valence-corrected chi connectivity index (χ1v) is 7.15. The molecule has 3 nitrogen and oxygen atoms in total. The molecule has 0 bridgehead atoms. The summed E-state index contributed by atoms with van der Waals surface area (Å²) < 4.78 is 0. The Hall–Kier alpha value is -0.450. The molecule has 0 spiro atoms. The van der Waals surface area contributed by atoms with E-state index in [4.69, 9.17) is 0 Å². The predicted molar refractivity (Wildman–Crippen MR) is 66.8 cm³/mol. The molecule has 1 atom stereocenters. The van der Waals surface area contributed by atoms with Crippen LogP contribution >= 0.6 is 11.3 Å². The molecule has 2 heterocycles. The maximum atomic E-state index is 4.30. The van der Waals surface area contributed by atoms with Crippen LogP contribution in [0.3, 0.4) is 0 Å². The van der Waals surface area contributed by atoms with E-state index in [1.165, 1.54) is 37.4 Å². The van der Waals surface area contributed by atoms with Gasteiger partial charge in [-0.1, -0.05) is 0 Å². The van der Waals surface area contributed by atoms with Gasteiger partial charge in [0, 0.05) is 49.7 Å². The van der Waals surface area contributed by atoms with Gasteiger partial charge >= 0.3 is 0 Å². The van der Waals surface area contributed by atoms with Gasteiger partial charge in [0.15, 0.2) is 0 Å². The van der Waals surface area contributed by atoms with Crippen molar-refractivity contribution >= 4 is 11.3 Å². The minimum absolute atomic E-state index is 0.723. The number of hydrogen-bond donors (Lipinski definition) is 1. The number of aromatic nitrogens is 1. The van der Waals surface area contributed by atoms with Crippen LogP contribution in [0.1, 0.15) is 24.3 Å². The molecular weight excluding hydrogens is 218 g/mol. The topological polar surface area (TPSA) is 28.2 Å². The lowest BCUT2D eigenvalue weighted by atomic mass is 10.2. The third-order valence-electron chi connectivity index (χ3n) is 3.54. The molecule has 88 valence electrons. The van der Waals surface area contributed by atoms with E-state index >= 15 is 0 Å². The van der Waals surface area contributed by atoms with Crippen molar-refractivity contribution in [2.75, 3.05) is 19.6 Å². The van der Waals surface area contributed by atoms with Crippen LogP contribution in [0.15, 0.2) is 11.6 Å². The van der Waals surface area contributed by atoms with Crippen LogP contribution in [0.5, 0.6) is 0 Å². The summed E-state index contributed by atoms with van der Waals surface area (Å²) in [7, 11) is 0. The van der Waals surface area contributed by atoms with E-state index in [1.807, 2.05) is 6.20 Å². The molecule has 1 aliphatic carbocycles. The van der Waals surface area contributed by atoms with Gasteiger partial charge in [0.2, 0.25) is 0 Å². The van der Waals surface area contributed by atoms with Gasteiger partial charge in [-0.15, -0.1) is 11.3 Å². The van der Waals surface area contributed by atoms with Crippen LogP contribution < -0.4 is 5.32 Å². The van der Waals surface area contributed by atoms with Crippen LogP contribution in [0.2, 0.25) is 0 Å². The molecule has 2 aliphatic rings. The highest BCUT2D eigenvalue weighted by Gasteiger charge is 2.33. The molecule has 0 aromatic carbocycles. The first-order valence-electron chi connectivity index (χ1n) is 6.27. The number of thiazole rings is 1. The Balaban J connectivity index is 1.36. The Labute approximate surface area is 101 Å². The monoisotopic (exact) mass is 237 g/mol. The lowest BCUT2D eigenvalue weighted by molar-refractivity contribution is 0.318. The van der Waals surface area contributed by atoms with Crippen LogP contribution in [-0.4, -0.2) is 41.6 Å². The van der Waals surface area contributed by atoms with Gasteiger partial charge in [-0.2, -0.15) is 0 Å². The van der Waals surface area contributed by atoms with Crippen LogP contribution in [0.4, 0.5) is 0 Å². The third kappa shape index (κ3) is 2.62. The average molecular weight is 237 g/mol. The summed E-state index contributed by atoms with van der Waals surface area (Å²) in [4.78, 5) is 6.96. The number of likely N-dealkylation sites (tertiary alicyclic amines) is 1. The van der Waals surface area contributed by atoms with Gasteiger partial charge in [0.1, 0.15) is 0 Å². The minimum atomic E-state index is 0.723. The van der Waals surface area contributed by atoms with Crippen molar-refractivity contribution in [2.24, 2.45) is 0 Å². The van der Waals surface area contributed by atoms with Crippen molar-refractivity contribution in [3.63, 3.8) is 0 Å². The molecular formula is C12H19N3S. The van der Waals surface area contributed by atoms with Crippen molar-refractivity contribution in [2.45, 2.75) is 37.8 Å². The van der Waals surface area contributed by atoms with Crippen molar-refractivity contribution in [3.8, 4) is 0 Å². The van der Waals surface area contributed by atoms with E-state index < -0.39 is 0 Å². The summed E-state index contributed by atoms with van der Waals surface area (Å²) in [6, 6.07) is 1.66. The van der Waals surface area contributed by atoms with Crippen molar-refractivity contribution in [1.29, 1.82) is 0 Å². The zero-order valence-electron chi connectivity index (χ0n) is 9.56. The molecule has 3 rings (SSSR count). The minimum Gasteiger partial charge on any atom is -0.312 e. The van der Waals surface area contributed by atoms with Crippen LogP contribution in [-0.2, 0) is 6.42 Å². The second-order valence-corrected chi connectivity index (χ2v) is 5.82. The summed E-state index contributed by atoms with van der Waals surface area (Å²) >= 11 is 1.76. The van der Waals surface area contributed by atoms with Crippen molar-refractivity contribution in [3.05, 3.63) is 16.6 Å². The fourth-order valence-electron chi connectivity index (χ4n) is 2.48. The predicted octanol–water partition coefficient (Wildman–Crippen LogP) is 1.51. The molecule has 16 heavy (non-hydrogen) atoms. The number of rotatable bonds is 5. The Morgan fingerprint density at radius 2 is 2.38 bits per heavy atom. The van der Waals surface area contributed by atoms with Gasteiger partial charge in [-0.3, -0.25) is 4.90 Å². The molecule has 1 aromatic heterocycles. The van der Waals surface area contributed by atoms with Gasteiger partial charge < -0.3 is 5.32 Å². The number of hydrogen-bond acceptors (Lipinski definition) is 4. The molecule has 0 radical (unpaired) electrons. The second kappa shape index (κ2) is 4.82. The quantitative estimate of drug-likeness (QED) is 0.841. The second-order valence-electron chi connectivity index (χ2n) is 4.84. The maximum Gasteiger partial charge on any atom is 0.0937 e. The highest BCUT2D eigenvalue weighted by Crippen LogP contribution is 2.29. The molecule has 1 aromatic rings. The van der Waals surface area contributed by atoms with E-state index in [9.17, 15) is 0 Å². The van der Waals surface area contributed by atoms with E-state index in [2.05, 4.69) is 20.6 Å². The molecule has 0 amide bonds. The van der Waals surface area contributed by atoms with Gasteiger partial charge in [0.25, 0.3) is 0 Å². The zero-order chi connectivity index (χ0) is 10.8. The van der Waals surface area contributed by atoms with Crippen LogP contribution in [0.25, 0.3) is 0 Å². The first kappa shape index (κ1) is 10.7. The van der Waals surface area contributed by atoms with Crippen molar-refractivity contribution < 1.29 is 0 Å². The van der Waals surface area contributed by atoms with Gasteiger partial charge in [-0.05, 0) is 19.3 Å². The van der Waals surface area contributed by atoms with Crippen molar-refractivity contribution in [1.82, 2.24) is 15.2 Å². The highest BCUT2D eigenvalue weighted by molar-refractivity contribution is 7.09. The normalized spacial score (nSPS) is 26.4. The Morgan fingerprint density at radius 3 is 3.12 bits per heavy atom. The Morgan fingerprint density at radius 1 is 1.44 bits per heavy atom. The largest absolute Gasteiger partial charge is 0.312 e. The molecule has 4 heteroatoms. The SMILES string of the molecule is c1csc(CCNC2CCN(C3CC3)C2)n1. The maximum absolute atomic E-state index is 4.30. The fraction of sp³-hybridized carbons (Fsp3) is 0.750. The first-order chi connectivity index (χ1) is 7.92. The third-order valence-corrected chi connectivity index (χ3v) is 4.38. The number of nitrogens with one attached hydrogen (secondary N) is 1. The zero-order valence-corrected chi connectivity index (χ0v) is 10.4. The van der Waals surface area contributed by atoms with Crippen LogP contribution in [0, 0.1) is 0 Å². The smallest absolute Gasteiger partial charge is 0.0937 e. The Kier molecular flexibility index (Phi) is 3.22. The average Bonchev–Trinajstić information content (AvgIpc) is 2.83.